The zero-order valence-electron chi connectivity index (χ0n) is 15.7. The number of non-ortho nitro benzene ring substituents is 1. The summed E-state index contributed by atoms with van der Waals surface area (Å²) in [6.45, 7) is 2.52. The van der Waals surface area contributed by atoms with Crippen molar-refractivity contribution in [1.29, 1.82) is 0 Å². The van der Waals surface area contributed by atoms with E-state index in [4.69, 9.17) is 11.6 Å². The summed E-state index contributed by atoms with van der Waals surface area (Å²) in [6, 6.07) is 10.7. The SMILES string of the molecule is CCCCN(Cc1nc2ccccc2c(=O)[nH]1)C(=O)c1ccc([N+](=O)[O-])cc1Cl. The van der Waals surface area contributed by atoms with E-state index >= 15 is 0 Å². The first-order valence-electron chi connectivity index (χ1n) is 9.12. The first kappa shape index (κ1) is 20.5. The van der Waals surface area contributed by atoms with Crippen molar-refractivity contribution in [3.63, 3.8) is 0 Å². The lowest BCUT2D eigenvalue weighted by Crippen LogP contribution is -2.33. The Labute approximate surface area is 171 Å². The van der Waals surface area contributed by atoms with Crippen LogP contribution < -0.4 is 5.56 Å². The Morgan fingerprint density at radius 1 is 1.28 bits per heavy atom. The predicted molar refractivity (Wildman–Crippen MR) is 110 cm³/mol. The molecule has 0 spiro atoms. The highest BCUT2D eigenvalue weighted by molar-refractivity contribution is 6.34. The molecule has 0 saturated heterocycles. The normalized spacial score (nSPS) is 10.8. The molecule has 0 aliphatic heterocycles. The molecule has 29 heavy (non-hydrogen) atoms. The van der Waals surface area contributed by atoms with Gasteiger partial charge in [0.25, 0.3) is 17.2 Å². The van der Waals surface area contributed by atoms with E-state index in [0.29, 0.717) is 23.3 Å². The Morgan fingerprint density at radius 2 is 2.03 bits per heavy atom. The molecule has 0 aliphatic rings. The molecule has 1 aromatic heterocycles. The van der Waals surface area contributed by atoms with E-state index in [1.54, 1.807) is 24.3 Å². The minimum Gasteiger partial charge on any atom is -0.331 e. The van der Waals surface area contributed by atoms with Gasteiger partial charge in [-0.3, -0.25) is 19.7 Å². The molecule has 2 aromatic carbocycles. The number of halogens is 1. The number of aromatic amines is 1. The minimum absolute atomic E-state index is 0.00524. The van der Waals surface area contributed by atoms with Gasteiger partial charge in [-0.05, 0) is 24.6 Å². The number of H-pyrrole nitrogens is 1. The highest BCUT2D eigenvalue weighted by Crippen LogP contribution is 2.24. The van der Waals surface area contributed by atoms with E-state index in [-0.39, 0.29) is 34.3 Å². The van der Waals surface area contributed by atoms with E-state index in [2.05, 4.69) is 9.97 Å². The molecule has 1 heterocycles. The van der Waals surface area contributed by atoms with Crippen LogP contribution in [0.3, 0.4) is 0 Å². The van der Waals surface area contributed by atoms with Crippen LogP contribution in [0.5, 0.6) is 0 Å². The van der Waals surface area contributed by atoms with Crippen molar-refractivity contribution in [1.82, 2.24) is 14.9 Å². The number of rotatable bonds is 7. The van der Waals surface area contributed by atoms with E-state index < -0.39 is 4.92 Å². The fourth-order valence-corrected chi connectivity index (χ4v) is 3.21. The first-order valence-corrected chi connectivity index (χ1v) is 9.49. The number of hydrogen-bond acceptors (Lipinski definition) is 5. The van der Waals surface area contributed by atoms with Crippen molar-refractivity contribution >= 4 is 34.1 Å². The van der Waals surface area contributed by atoms with Crippen molar-refractivity contribution in [2.45, 2.75) is 26.3 Å². The van der Waals surface area contributed by atoms with Crippen molar-refractivity contribution in [3.05, 3.63) is 79.3 Å². The van der Waals surface area contributed by atoms with Gasteiger partial charge in [0, 0.05) is 18.7 Å². The summed E-state index contributed by atoms with van der Waals surface area (Å²) in [5.74, 6) is -0.0228. The van der Waals surface area contributed by atoms with Crippen LogP contribution in [-0.4, -0.2) is 32.2 Å². The second kappa shape index (κ2) is 8.83. The second-order valence-electron chi connectivity index (χ2n) is 6.53. The van der Waals surface area contributed by atoms with Crippen LogP contribution in [0.25, 0.3) is 10.9 Å². The Bertz CT molecular complexity index is 1130. The smallest absolute Gasteiger partial charge is 0.270 e. The third-order valence-electron chi connectivity index (χ3n) is 4.47. The summed E-state index contributed by atoms with van der Waals surface area (Å²) >= 11 is 6.13. The van der Waals surface area contributed by atoms with Gasteiger partial charge < -0.3 is 9.88 Å². The van der Waals surface area contributed by atoms with Crippen LogP contribution >= 0.6 is 11.6 Å². The zero-order chi connectivity index (χ0) is 21.0. The molecule has 0 bridgehead atoms. The number of nitrogens with zero attached hydrogens (tertiary/aromatic N) is 3. The van der Waals surface area contributed by atoms with E-state index in [9.17, 15) is 19.7 Å². The Morgan fingerprint density at radius 3 is 2.72 bits per heavy atom. The quantitative estimate of drug-likeness (QED) is 0.465. The number of para-hydroxylation sites is 1. The monoisotopic (exact) mass is 414 g/mol. The van der Waals surface area contributed by atoms with Crippen LogP contribution in [0.2, 0.25) is 5.02 Å². The highest BCUT2D eigenvalue weighted by Gasteiger charge is 2.21. The number of aromatic nitrogens is 2. The fourth-order valence-electron chi connectivity index (χ4n) is 2.95. The lowest BCUT2D eigenvalue weighted by molar-refractivity contribution is -0.384. The predicted octanol–water partition coefficient (Wildman–Crippen LogP) is 3.93. The number of carbonyl (C=O) groups is 1. The molecule has 0 saturated carbocycles. The van der Waals surface area contributed by atoms with Crippen LogP contribution in [0.4, 0.5) is 5.69 Å². The van der Waals surface area contributed by atoms with Gasteiger partial charge in [-0.2, -0.15) is 0 Å². The number of unbranched alkanes of at least 4 members (excludes halogenated alkanes) is 1. The van der Waals surface area contributed by atoms with E-state index in [1.807, 2.05) is 6.92 Å². The standard InChI is InChI=1S/C20H19ClN4O4/c1-2-3-10-24(20(27)14-9-8-13(25(28)29)11-16(14)21)12-18-22-17-7-5-4-6-15(17)19(26)23-18/h4-9,11H,2-3,10,12H2,1H3,(H,22,23,26). The molecular formula is C20H19ClN4O4. The van der Waals surface area contributed by atoms with Crippen LogP contribution in [0.1, 0.15) is 35.9 Å². The molecule has 0 fully saturated rings. The van der Waals surface area contributed by atoms with Gasteiger partial charge >= 0.3 is 0 Å². The molecule has 9 heteroatoms. The lowest BCUT2D eigenvalue weighted by atomic mass is 10.1. The molecule has 3 rings (SSSR count). The third kappa shape index (κ3) is 4.60. The number of fused-ring (bicyclic) bond motifs is 1. The topological polar surface area (TPSA) is 109 Å². The first-order chi connectivity index (χ1) is 13.9. The maximum Gasteiger partial charge on any atom is 0.270 e. The molecule has 1 N–H and O–H groups in total. The summed E-state index contributed by atoms with van der Waals surface area (Å²) in [6.07, 6.45) is 1.60. The number of amides is 1. The fraction of sp³-hybridized carbons (Fsp3) is 0.250. The molecule has 150 valence electrons. The molecule has 8 nitrogen and oxygen atoms in total. The Kier molecular flexibility index (Phi) is 6.23. The van der Waals surface area contributed by atoms with E-state index in [0.717, 1.165) is 18.9 Å². The van der Waals surface area contributed by atoms with Gasteiger partial charge in [0.1, 0.15) is 5.82 Å². The zero-order valence-corrected chi connectivity index (χ0v) is 16.5. The molecule has 0 radical (unpaired) electrons. The summed E-state index contributed by atoms with van der Waals surface area (Å²) in [7, 11) is 0. The number of benzene rings is 2. The summed E-state index contributed by atoms with van der Waals surface area (Å²) in [5, 5.41) is 11.4. The van der Waals surface area contributed by atoms with Crippen molar-refractivity contribution < 1.29 is 9.72 Å². The summed E-state index contributed by atoms with van der Waals surface area (Å²) in [5.41, 5.74) is 0.244. The minimum atomic E-state index is -0.571. The molecule has 3 aromatic rings. The molecule has 0 aliphatic carbocycles. The maximum atomic E-state index is 13.1. The average molecular weight is 415 g/mol. The third-order valence-corrected chi connectivity index (χ3v) is 4.78. The number of carbonyl (C=O) groups excluding carboxylic acids is 1. The van der Waals surface area contributed by atoms with Gasteiger partial charge in [0.05, 0.1) is 33.0 Å². The lowest BCUT2D eigenvalue weighted by Gasteiger charge is -2.22. The van der Waals surface area contributed by atoms with E-state index in [1.165, 1.54) is 17.0 Å². The van der Waals surface area contributed by atoms with Crippen molar-refractivity contribution in [2.24, 2.45) is 0 Å². The van der Waals surface area contributed by atoms with Gasteiger partial charge in [-0.25, -0.2) is 4.98 Å². The number of nitrogens with one attached hydrogen (secondary N) is 1. The molecule has 0 unspecified atom stereocenters. The maximum absolute atomic E-state index is 13.1. The summed E-state index contributed by atoms with van der Waals surface area (Å²) in [4.78, 5) is 44.4. The molecule has 1 amide bonds. The molecule has 0 atom stereocenters. The van der Waals surface area contributed by atoms with Crippen LogP contribution in [0.15, 0.2) is 47.3 Å². The van der Waals surface area contributed by atoms with Gasteiger partial charge in [-0.15, -0.1) is 0 Å². The van der Waals surface area contributed by atoms with Gasteiger partial charge in [0.2, 0.25) is 0 Å². The average Bonchev–Trinajstić information content (AvgIpc) is 2.70. The highest BCUT2D eigenvalue weighted by atomic mass is 35.5. The second-order valence-corrected chi connectivity index (χ2v) is 6.94. The van der Waals surface area contributed by atoms with Crippen LogP contribution in [0, 0.1) is 10.1 Å². The van der Waals surface area contributed by atoms with Crippen LogP contribution in [-0.2, 0) is 6.54 Å². The largest absolute Gasteiger partial charge is 0.331 e. The van der Waals surface area contributed by atoms with Gasteiger partial charge in [0.15, 0.2) is 0 Å². The van der Waals surface area contributed by atoms with Crippen molar-refractivity contribution in [2.75, 3.05) is 6.54 Å². The molecular weight excluding hydrogens is 396 g/mol. The number of nitro groups is 1. The summed E-state index contributed by atoms with van der Waals surface area (Å²) < 4.78 is 0. The Balaban J connectivity index is 1.93. The number of hydrogen-bond donors (Lipinski definition) is 1. The Hall–Kier alpha value is -3.26. The van der Waals surface area contributed by atoms with Crippen molar-refractivity contribution in [3.8, 4) is 0 Å². The van der Waals surface area contributed by atoms with Gasteiger partial charge in [-0.1, -0.05) is 37.1 Å². The number of nitro benzene ring substituents is 1.